The highest BCUT2D eigenvalue weighted by Gasteiger charge is 2.19. The van der Waals surface area contributed by atoms with E-state index in [-0.39, 0.29) is 5.91 Å². The SMILES string of the molecule is O=C(Nc1ccc2ncccc2c1)c1sc2ccc3ccccc3c2c1Cl. The van der Waals surface area contributed by atoms with Crippen molar-refractivity contribution in [3.8, 4) is 0 Å². The summed E-state index contributed by atoms with van der Waals surface area (Å²) in [5.74, 6) is -0.200. The van der Waals surface area contributed by atoms with Gasteiger partial charge in [-0.1, -0.05) is 48.0 Å². The molecular formula is C22H13ClN2OS. The average Bonchev–Trinajstić information content (AvgIpc) is 3.05. The number of carbonyl (C=O) groups is 1. The van der Waals surface area contributed by atoms with E-state index in [1.165, 1.54) is 11.3 Å². The van der Waals surface area contributed by atoms with Crippen LogP contribution in [0.3, 0.4) is 0 Å². The lowest BCUT2D eigenvalue weighted by Crippen LogP contribution is -2.10. The van der Waals surface area contributed by atoms with Crippen LogP contribution in [0.2, 0.25) is 5.02 Å². The number of halogens is 1. The number of nitrogens with one attached hydrogen (secondary N) is 1. The largest absolute Gasteiger partial charge is 0.321 e. The standard InChI is InChI=1S/C22H13ClN2OS/c23-20-19-16-6-2-1-4-13(16)7-10-18(19)27-21(20)22(26)25-15-8-9-17-14(12-15)5-3-11-24-17/h1-12H,(H,25,26). The average molecular weight is 389 g/mol. The second-order valence-electron chi connectivity index (χ2n) is 6.27. The van der Waals surface area contributed by atoms with E-state index in [1.807, 2.05) is 60.7 Å². The third kappa shape index (κ3) is 2.74. The van der Waals surface area contributed by atoms with Gasteiger partial charge in [-0.2, -0.15) is 0 Å². The van der Waals surface area contributed by atoms with Gasteiger partial charge in [-0.25, -0.2) is 0 Å². The van der Waals surface area contributed by atoms with Gasteiger partial charge in [-0.15, -0.1) is 11.3 Å². The number of hydrogen-bond donors (Lipinski definition) is 1. The molecule has 3 aromatic carbocycles. The lowest BCUT2D eigenvalue weighted by atomic mass is 10.1. The Morgan fingerprint density at radius 1 is 0.963 bits per heavy atom. The minimum atomic E-state index is -0.200. The van der Waals surface area contributed by atoms with E-state index in [0.717, 1.165) is 37.4 Å². The van der Waals surface area contributed by atoms with Crippen LogP contribution in [-0.4, -0.2) is 10.9 Å². The lowest BCUT2D eigenvalue weighted by molar-refractivity contribution is 0.103. The molecular weight excluding hydrogens is 376 g/mol. The zero-order valence-corrected chi connectivity index (χ0v) is 15.6. The third-order valence-electron chi connectivity index (χ3n) is 4.59. The maximum atomic E-state index is 12.9. The number of anilines is 1. The summed E-state index contributed by atoms with van der Waals surface area (Å²) in [7, 11) is 0. The fourth-order valence-corrected chi connectivity index (χ4v) is 4.79. The van der Waals surface area contributed by atoms with E-state index in [2.05, 4.69) is 16.4 Å². The highest BCUT2D eigenvalue weighted by atomic mass is 35.5. The number of nitrogens with zero attached hydrogens (tertiary/aromatic N) is 1. The molecule has 2 aromatic heterocycles. The molecule has 5 heteroatoms. The molecule has 0 aliphatic rings. The maximum absolute atomic E-state index is 12.9. The molecule has 0 aliphatic carbocycles. The Morgan fingerprint density at radius 3 is 2.74 bits per heavy atom. The molecule has 3 nitrogen and oxygen atoms in total. The summed E-state index contributed by atoms with van der Waals surface area (Å²) >= 11 is 8.05. The van der Waals surface area contributed by atoms with Gasteiger partial charge in [-0.05, 0) is 41.1 Å². The Hall–Kier alpha value is -2.95. The lowest BCUT2D eigenvalue weighted by Gasteiger charge is -2.05. The fourth-order valence-electron chi connectivity index (χ4n) is 3.32. The molecule has 1 N–H and O–H groups in total. The van der Waals surface area contributed by atoms with Crippen molar-refractivity contribution in [3.63, 3.8) is 0 Å². The molecule has 0 spiro atoms. The van der Waals surface area contributed by atoms with Crippen LogP contribution in [0.25, 0.3) is 31.8 Å². The van der Waals surface area contributed by atoms with E-state index in [0.29, 0.717) is 9.90 Å². The van der Waals surface area contributed by atoms with Gasteiger partial charge in [0.25, 0.3) is 5.91 Å². The summed E-state index contributed by atoms with van der Waals surface area (Å²) < 4.78 is 1.01. The number of carbonyl (C=O) groups excluding carboxylic acids is 1. The summed E-state index contributed by atoms with van der Waals surface area (Å²) in [6, 6.07) is 21.6. The van der Waals surface area contributed by atoms with Gasteiger partial charge in [-0.3, -0.25) is 9.78 Å². The third-order valence-corrected chi connectivity index (χ3v) is 6.23. The minimum Gasteiger partial charge on any atom is -0.321 e. The van der Waals surface area contributed by atoms with E-state index in [1.54, 1.807) is 6.20 Å². The molecule has 0 fully saturated rings. The van der Waals surface area contributed by atoms with Gasteiger partial charge >= 0.3 is 0 Å². The van der Waals surface area contributed by atoms with Crippen molar-refractivity contribution in [1.82, 2.24) is 4.98 Å². The second-order valence-corrected chi connectivity index (χ2v) is 7.70. The number of hydrogen-bond acceptors (Lipinski definition) is 3. The minimum absolute atomic E-state index is 0.200. The molecule has 5 rings (SSSR count). The zero-order chi connectivity index (χ0) is 18.4. The van der Waals surface area contributed by atoms with E-state index >= 15 is 0 Å². The van der Waals surface area contributed by atoms with Crippen molar-refractivity contribution in [2.75, 3.05) is 5.32 Å². The van der Waals surface area contributed by atoms with Crippen LogP contribution in [0, 0.1) is 0 Å². The van der Waals surface area contributed by atoms with Crippen LogP contribution in [0.4, 0.5) is 5.69 Å². The summed E-state index contributed by atoms with van der Waals surface area (Å²) in [4.78, 5) is 17.7. The molecule has 0 bridgehead atoms. The molecule has 2 heterocycles. The maximum Gasteiger partial charge on any atom is 0.267 e. The van der Waals surface area contributed by atoms with Gasteiger partial charge in [0.15, 0.2) is 0 Å². The number of rotatable bonds is 2. The van der Waals surface area contributed by atoms with Crippen molar-refractivity contribution >= 4 is 66.3 Å². The Morgan fingerprint density at radius 2 is 1.81 bits per heavy atom. The zero-order valence-electron chi connectivity index (χ0n) is 14.1. The topological polar surface area (TPSA) is 42.0 Å². The summed E-state index contributed by atoms with van der Waals surface area (Å²) in [6.45, 7) is 0. The molecule has 0 saturated heterocycles. The molecule has 0 atom stereocenters. The number of fused-ring (bicyclic) bond motifs is 4. The van der Waals surface area contributed by atoms with Crippen LogP contribution in [0.15, 0.2) is 72.9 Å². The van der Waals surface area contributed by atoms with Gasteiger partial charge in [0.1, 0.15) is 4.88 Å². The van der Waals surface area contributed by atoms with Crippen molar-refractivity contribution < 1.29 is 4.79 Å². The second kappa shape index (κ2) is 6.34. The Bertz CT molecular complexity index is 1340. The van der Waals surface area contributed by atoms with Crippen molar-refractivity contribution in [2.24, 2.45) is 0 Å². The number of thiophene rings is 1. The van der Waals surface area contributed by atoms with Gasteiger partial charge in [0.05, 0.1) is 10.5 Å². The van der Waals surface area contributed by atoms with E-state index in [4.69, 9.17) is 11.6 Å². The molecule has 0 aliphatic heterocycles. The van der Waals surface area contributed by atoms with Crippen LogP contribution < -0.4 is 5.32 Å². The normalized spacial score (nSPS) is 11.3. The quantitative estimate of drug-likeness (QED) is 0.374. The molecule has 5 aromatic rings. The monoisotopic (exact) mass is 388 g/mol. The first-order chi connectivity index (χ1) is 13.2. The van der Waals surface area contributed by atoms with Crippen molar-refractivity contribution in [3.05, 3.63) is 82.8 Å². The predicted octanol–water partition coefficient (Wildman–Crippen LogP) is 6.51. The van der Waals surface area contributed by atoms with Crippen LogP contribution in [0.5, 0.6) is 0 Å². The number of aromatic nitrogens is 1. The molecule has 0 saturated carbocycles. The smallest absolute Gasteiger partial charge is 0.267 e. The molecule has 130 valence electrons. The van der Waals surface area contributed by atoms with Crippen LogP contribution >= 0.6 is 22.9 Å². The number of pyridine rings is 1. The fraction of sp³-hybridized carbons (Fsp3) is 0. The summed E-state index contributed by atoms with van der Waals surface area (Å²) in [5, 5.41) is 7.55. The van der Waals surface area contributed by atoms with E-state index < -0.39 is 0 Å². The predicted molar refractivity (Wildman–Crippen MR) is 114 cm³/mol. The summed E-state index contributed by atoms with van der Waals surface area (Å²) in [5.41, 5.74) is 1.61. The number of amides is 1. The van der Waals surface area contributed by atoms with Crippen LogP contribution in [-0.2, 0) is 0 Å². The van der Waals surface area contributed by atoms with Gasteiger partial charge in [0.2, 0.25) is 0 Å². The molecule has 27 heavy (non-hydrogen) atoms. The van der Waals surface area contributed by atoms with Crippen LogP contribution in [0.1, 0.15) is 9.67 Å². The van der Waals surface area contributed by atoms with Crippen molar-refractivity contribution in [1.29, 1.82) is 0 Å². The molecule has 0 unspecified atom stereocenters. The van der Waals surface area contributed by atoms with E-state index in [9.17, 15) is 4.79 Å². The first kappa shape index (κ1) is 16.2. The Labute approximate surface area is 164 Å². The number of benzene rings is 3. The first-order valence-corrected chi connectivity index (χ1v) is 9.66. The Balaban J connectivity index is 1.57. The molecule has 1 amide bonds. The molecule has 0 radical (unpaired) electrons. The summed E-state index contributed by atoms with van der Waals surface area (Å²) in [6.07, 6.45) is 1.75. The first-order valence-electron chi connectivity index (χ1n) is 8.46. The highest BCUT2D eigenvalue weighted by molar-refractivity contribution is 7.22. The van der Waals surface area contributed by atoms with Crippen molar-refractivity contribution in [2.45, 2.75) is 0 Å². The highest BCUT2D eigenvalue weighted by Crippen LogP contribution is 2.40. The van der Waals surface area contributed by atoms with Gasteiger partial charge < -0.3 is 5.32 Å². The van der Waals surface area contributed by atoms with Gasteiger partial charge in [0, 0.05) is 27.4 Å². The Kier molecular flexibility index (Phi) is 3.81.